The zero-order chi connectivity index (χ0) is 15.4. The summed E-state index contributed by atoms with van der Waals surface area (Å²) in [6, 6.07) is 9.80. The van der Waals surface area contributed by atoms with Gasteiger partial charge in [0.05, 0.1) is 6.04 Å². The van der Waals surface area contributed by atoms with E-state index in [4.69, 9.17) is 0 Å². The number of likely N-dealkylation sites (tertiary alicyclic amines) is 1. The van der Waals surface area contributed by atoms with E-state index in [1.165, 1.54) is 0 Å². The summed E-state index contributed by atoms with van der Waals surface area (Å²) < 4.78 is 0. The van der Waals surface area contributed by atoms with Crippen molar-refractivity contribution in [2.75, 3.05) is 32.7 Å². The second kappa shape index (κ2) is 6.79. The van der Waals surface area contributed by atoms with Crippen LogP contribution in [0.3, 0.4) is 0 Å². The molecule has 6 heteroatoms. The maximum Gasteiger partial charge on any atom is 0.317 e. The molecule has 0 aromatic heterocycles. The average molecular weight is 302 g/mol. The molecule has 0 saturated carbocycles. The van der Waals surface area contributed by atoms with Crippen LogP contribution in [0.25, 0.3) is 0 Å². The molecule has 1 unspecified atom stereocenters. The van der Waals surface area contributed by atoms with Gasteiger partial charge in [-0.25, -0.2) is 4.79 Å². The van der Waals surface area contributed by atoms with E-state index in [0.29, 0.717) is 19.5 Å². The van der Waals surface area contributed by atoms with Crippen LogP contribution in [-0.2, 0) is 11.3 Å². The molecular weight excluding hydrogens is 280 g/mol. The van der Waals surface area contributed by atoms with E-state index in [2.05, 4.69) is 10.6 Å². The second-order valence-corrected chi connectivity index (χ2v) is 5.85. The number of hydrogen-bond acceptors (Lipinski definition) is 3. The van der Waals surface area contributed by atoms with Crippen molar-refractivity contribution in [2.24, 2.45) is 0 Å². The van der Waals surface area contributed by atoms with Crippen LogP contribution < -0.4 is 10.6 Å². The monoisotopic (exact) mass is 302 g/mol. The minimum absolute atomic E-state index is 0.0548. The largest absolute Gasteiger partial charge is 0.336 e. The van der Waals surface area contributed by atoms with Gasteiger partial charge in [0.15, 0.2) is 0 Å². The molecule has 22 heavy (non-hydrogen) atoms. The SMILES string of the molecule is O=C1CC(NC(=O)N2CCNCC2)CN1Cc1ccccc1. The summed E-state index contributed by atoms with van der Waals surface area (Å²) in [5.74, 6) is 0.106. The van der Waals surface area contributed by atoms with Crippen LogP contribution in [-0.4, -0.2) is 60.5 Å². The number of nitrogens with zero attached hydrogens (tertiary/aromatic N) is 2. The van der Waals surface area contributed by atoms with Crippen LogP contribution in [0.2, 0.25) is 0 Å². The molecule has 0 radical (unpaired) electrons. The van der Waals surface area contributed by atoms with Crippen LogP contribution in [0.4, 0.5) is 4.79 Å². The number of benzene rings is 1. The summed E-state index contributed by atoms with van der Waals surface area (Å²) in [5, 5.41) is 6.21. The summed E-state index contributed by atoms with van der Waals surface area (Å²) >= 11 is 0. The van der Waals surface area contributed by atoms with Gasteiger partial charge in [0.2, 0.25) is 5.91 Å². The fourth-order valence-electron chi connectivity index (χ4n) is 2.96. The maximum atomic E-state index is 12.2. The summed E-state index contributed by atoms with van der Waals surface area (Å²) in [4.78, 5) is 27.9. The Labute approximate surface area is 130 Å². The number of carbonyl (C=O) groups excluding carboxylic acids is 2. The third-order valence-corrected chi connectivity index (χ3v) is 4.16. The molecular formula is C16H22N4O2. The van der Waals surface area contributed by atoms with E-state index in [-0.39, 0.29) is 18.0 Å². The zero-order valence-electron chi connectivity index (χ0n) is 12.6. The molecule has 6 nitrogen and oxygen atoms in total. The van der Waals surface area contributed by atoms with Crippen LogP contribution in [0, 0.1) is 0 Å². The van der Waals surface area contributed by atoms with Crippen molar-refractivity contribution in [1.82, 2.24) is 20.4 Å². The molecule has 3 amide bonds. The first kappa shape index (κ1) is 14.8. The molecule has 2 N–H and O–H groups in total. The van der Waals surface area contributed by atoms with Crippen molar-refractivity contribution in [3.63, 3.8) is 0 Å². The predicted octanol–water partition coefficient (Wildman–Crippen LogP) is 0.402. The number of nitrogens with one attached hydrogen (secondary N) is 2. The van der Waals surface area contributed by atoms with Gasteiger partial charge in [0.1, 0.15) is 0 Å². The Balaban J connectivity index is 1.52. The number of rotatable bonds is 3. The van der Waals surface area contributed by atoms with Gasteiger partial charge >= 0.3 is 6.03 Å². The minimum Gasteiger partial charge on any atom is -0.336 e. The fraction of sp³-hybridized carbons (Fsp3) is 0.500. The lowest BCUT2D eigenvalue weighted by Crippen LogP contribution is -2.52. The van der Waals surface area contributed by atoms with Crippen LogP contribution in [0.15, 0.2) is 30.3 Å². The molecule has 2 aliphatic heterocycles. The molecule has 1 atom stereocenters. The molecule has 1 aromatic rings. The molecule has 0 spiro atoms. The zero-order valence-corrected chi connectivity index (χ0v) is 12.6. The van der Waals surface area contributed by atoms with Gasteiger partial charge in [-0.05, 0) is 5.56 Å². The topological polar surface area (TPSA) is 64.7 Å². The van der Waals surface area contributed by atoms with E-state index in [1.54, 1.807) is 4.90 Å². The molecule has 2 aliphatic rings. The summed E-state index contributed by atoms with van der Waals surface area (Å²) in [7, 11) is 0. The van der Waals surface area contributed by atoms with Crippen LogP contribution >= 0.6 is 0 Å². The highest BCUT2D eigenvalue weighted by molar-refractivity contribution is 5.81. The normalized spacial score (nSPS) is 22.0. The number of urea groups is 1. The van der Waals surface area contributed by atoms with Gasteiger partial charge in [0.25, 0.3) is 0 Å². The van der Waals surface area contributed by atoms with Gasteiger partial charge in [-0.3, -0.25) is 4.79 Å². The predicted molar refractivity (Wildman–Crippen MR) is 83.2 cm³/mol. The van der Waals surface area contributed by atoms with Crippen molar-refractivity contribution in [2.45, 2.75) is 19.0 Å². The molecule has 0 bridgehead atoms. The quantitative estimate of drug-likeness (QED) is 0.849. The second-order valence-electron chi connectivity index (χ2n) is 5.85. The lowest BCUT2D eigenvalue weighted by Gasteiger charge is -2.28. The minimum atomic E-state index is -0.0846. The van der Waals surface area contributed by atoms with Gasteiger partial charge in [-0.1, -0.05) is 30.3 Å². The van der Waals surface area contributed by atoms with Crippen molar-refractivity contribution in [3.8, 4) is 0 Å². The Bertz CT molecular complexity index is 528. The highest BCUT2D eigenvalue weighted by atomic mass is 16.2. The Morgan fingerprint density at radius 2 is 1.95 bits per heavy atom. The standard InChI is InChI=1S/C16H22N4O2/c21-15-10-14(18-16(22)19-8-6-17-7-9-19)12-20(15)11-13-4-2-1-3-5-13/h1-5,14,17H,6-12H2,(H,18,22). The number of hydrogen-bond donors (Lipinski definition) is 2. The lowest BCUT2D eigenvalue weighted by molar-refractivity contribution is -0.128. The Morgan fingerprint density at radius 1 is 1.23 bits per heavy atom. The van der Waals surface area contributed by atoms with Crippen molar-refractivity contribution < 1.29 is 9.59 Å². The first-order chi connectivity index (χ1) is 10.7. The molecule has 2 saturated heterocycles. The Morgan fingerprint density at radius 3 is 2.68 bits per heavy atom. The molecule has 3 rings (SSSR count). The van der Waals surface area contributed by atoms with E-state index in [0.717, 1.165) is 31.7 Å². The average Bonchev–Trinajstić information content (AvgIpc) is 2.88. The van der Waals surface area contributed by atoms with Crippen molar-refractivity contribution in [1.29, 1.82) is 0 Å². The van der Waals surface area contributed by atoms with Crippen LogP contribution in [0.5, 0.6) is 0 Å². The van der Waals surface area contributed by atoms with Gasteiger partial charge in [0, 0.05) is 45.7 Å². The van der Waals surface area contributed by atoms with E-state index < -0.39 is 0 Å². The van der Waals surface area contributed by atoms with Crippen LogP contribution in [0.1, 0.15) is 12.0 Å². The van der Waals surface area contributed by atoms with Gasteiger partial charge in [-0.2, -0.15) is 0 Å². The van der Waals surface area contributed by atoms with E-state index in [9.17, 15) is 9.59 Å². The molecule has 2 fully saturated rings. The summed E-state index contributed by atoms with van der Waals surface area (Å²) in [6.07, 6.45) is 0.394. The first-order valence-electron chi connectivity index (χ1n) is 7.80. The maximum absolute atomic E-state index is 12.2. The van der Waals surface area contributed by atoms with Crippen molar-refractivity contribution in [3.05, 3.63) is 35.9 Å². The summed E-state index contributed by atoms with van der Waals surface area (Å²) in [6.45, 7) is 4.31. The summed E-state index contributed by atoms with van der Waals surface area (Å²) in [5.41, 5.74) is 1.12. The smallest absolute Gasteiger partial charge is 0.317 e. The fourth-order valence-corrected chi connectivity index (χ4v) is 2.96. The highest BCUT2D eigenvalue weighted by Crippen LogP contribution is 2.15. The number of piperazine rings is 1. The molecule has 118 valence electrons. The Hall–Kier alpha value is -2.08. The lowest BCUT2D eigenvalue weighted by atomic mass is 10.2. The van der Waals surface area contributed by atoms with Gasteiger partial charge < -0.3 is 20.4 Å². The van der Waals surface area contributed by atoms with E-state index in [1.807, 2.05) is 35.2 Å². The third kappa shape index (κ3) is 3.57. The van der Waals surface area contributed by atoms with Crippen molar-refractivity contribution >= 4 is 11.9 Å². The highest BCUT2D eigenvalue weighted by Gasteiger charge is 2.31. The number of carbonyl (C=O) groups is 2. The third-order valence-electron chi connectivity index (χ3n) is 4.16. The molecule has 2 heterocycles. The molecule has 0 aliphatic carbocycles. The van der Waals surface area contributed by atoms with E-state index >= 15 is 0 Å². The Kier molecular flexibility index (Phi) is 4.58. The molecule has 1 aromatic carbocycles. The van der Waals surface area contributed by atoms with Gasteiger partial charge in [-0.15, -0.1) is 0 Å². The first-order valence-corrected chi connectivity index (χ1v) is 7.80. The number of amides is 3.